The van der Waals surface area contributed by atoms with Crippen LogP contribution < -0.4 is 5.32 Å². The zero-order chi connectivity index (χ0) is 14.3. The van der Waals surface area contributed by atoms with Gasteiger partial charge in [0.2, 0.25) is 17.7 Å². The number of imide groups is 1. The topological polar surface area (TPSA) is 66.5 Å². The number of hydrogen-bond donors (Lipinski definition) is 1. The average Bonchev–Trinajstić information content (AvgIpc) is 2.37. The molecule has 0 radical (unpaired) electrons. The summed E-state index contributed by atoms with van der Waals surface area (Å²) in [6, 6.07) is -0.537. The zero-order valence-electron chi connectivity index (χ0n) is 11.9. The second kappa shape index (κ2) is 7.92. The first-order chi connectivity index (χ1) is 9.06. The number of nitrogens with one attached hydrogen (secondary N) is 1. The molecule has 1 unspecified atom stereocenters. The molecular weight excluding hydrogens is 244 g/mol. The molecule has 1 aliphatic heterocycles. The molecule has 1 rings (SSSR count). The summed E-state index contributed by atoms with van der Waals surface area (Å²) in [5, 5.41) is 2.23. The molecule has 1 atom stereocenters. The van der Waals surface area contributed by atoms with Gasteiger partial charge in [-0.25, -0.2) is 0 Å². The summed E-state index contributed by atoms with van der Waals surface area (Å²) in [6.07, 6.45) is 7.11. The van der Waals surface area contributed by atoms with Crippen molar-refractivity contribution in [3.05, 3.63) is 0 Å². The quantitative estimate of drug-likeness (QED) is 0.563. The molecule has 0 aromatic rings. The van der Waals surface area contributed by atoms with Gasteiger partial charge in [0.25, 0.3) is 0 Å². The molecule has 1 fully saturated rings. The van der Waals surface area contributed by atoms with Crippen molar-refractivity contribution in [2.45, 2.75) is 64.8 Å². The van der Waals surface area contributed by atoms with Crippen LogP contribution in [-0.2, 0) is 14.4 Å². The average molecular weight is 268 g/mol. The summed E-state index contributed by atoms with van der Waals surface area (Å²) in [6.45, 7) is 3.83. The highest BCUT2D eigenvalue weighted by atomic mass is 16.2. The van der Waals surface area contributed by atoms with Crippen LogP contribution in [0.3, 0.4) is 0 Å². The first-order valence-corrected chi connectivity index (χ1v) is 7.19. The molecule has 1 heterocycles. The van der Waals surface area contributed by atoms with Crippen molar-refractivity contribution in [2.24, 2.45) is 0 Å². The van der Waals surface area contributed by atoms with Crippen molar-refractivity contribution in [1.29, 1.82) is 0 Å². The molecule has 0 spiro atoms. The third kappa shape index (κ3) is 5.01. The smallest absolute Gasteiger partial charge is 0.249 e. The molecule has 1 aliphatic rings. The fourth-order valence-corrected chi connectivity index (χ4v) is 2.22. The van der Waals surface area contributed by atoms with E-state index in [0.29, 0.717) is 6.42 Å². The van der Waals surface area contributed by atoms with Crippen LogP contribution in [0.5, 0.6) is 0 Å². The van der Waals surface area contributed by atoms with Crippen LogP contribution in [-0.4, -0.2) is 35.2 Å². The number of amides is 3. The standard InChI is InChI=1S/C14H24N2O3/c1-3-4-5-6-7-8-9-13(18)16-10-12(17)15-14(19)11(16)2/h11H,3-10H2,1-2H3,(H,15,17,19). The monoisotopic (exact) mass is 268 g/mol. The molecule has 0 aromatic carbocycles. The van der Waals surface area contributed by atoms with Crippen LogP contribution in [0.2, 0.25) is 0 Å². The lowest BCUT2D eigenvalue weighted by atomic mass is 10.1. The minimum Gasteiger partial charge on any atom is -0.322 e. The summed E-state index contributed by atoms with van der Waals surface area (Å²) >= 11 is 0. The summed E-state index contributed by atoms with van der Waals surface area (Å²) in [7, 11) is 0. The van der Waals surface area contributed by atoms with E-state index >= 15 is 0 Å². The molecule has 5 heteroatoms. The van der Waals surface area contributed by atoms with Gasteiger partial charge in [-0.3, -0.25) is 19.7 Å². The Morgan fingerprint density at radius 1 is 1.21 bits per heavy atom. The van der Waals surface area contributed by atoms with Gasteiger partial charge >= 0.3 is 0 Å². The van der Waals surface area contributed by atoms with Crippen LogP contribution in [0.15, 0.2) is 0 Å². The lowest BCUT2D eigenvalue weighted by Crippen LogP contribution is -2.58. The van der Waals surface area contributed by atoms with Crippen LogP contribution in [0.1, 0.15) is 58.8 Å². The van der Waals surface area contributed by atoms with E-state index in [9.17, 15) is 14.4 Å². The Bertz CT molecular complexity index is 342. The van der Waals surface area contributed by atoms with Gasteiger partial charge < -0.3 is 4.90 Å². The first kappa shape index (κ1) is 15.7. The van der Waals surface area contributed by atoms with Gasteiger partial charge in [-0.1, -0.05) is 39.0 Å². The fourth-order valence-electron chi connectivity index (χ4n) is 2.22. The van der Waals surface area contributed by atoms with Crippen LogP contribution in [0.4, 0.5) is 0 Å². The van der Waals surface area contributed by atoms with E-state index in [1.54, 1.807) is 6.92 Å². The van der Waals surface area contributed by atoms with E-state index < -0.39 is 6.04 Å². The van der Waals surface area contributed by atoms with E-state index in [4.69, 9.17) is 0 Å². The lowest BCUT2D eigenvalue weighted by molar-refractivity contribution is -0.149. The molecule has 0 aliphatic carbocycles. The Balaban J connectivity index is 2.28. The Morgan fingerprint density at radius 2 is 1.84 bits per heavy atom. The van der Waals surface area contributed by atoms with Gasteiger partial charge in [-0.05, 0) is 13.3 Å². The molecule has 1 N–H and O–H groups in total. The van der Waals surface area contributed by atoms with Gasteiger partial charge in [0.15, 0.2) is 0 Å². The highest BCUT2D eigenvalue weighted by Crippen LogP contribution is 2.11. The number of unbranched alkanes of at least 4 members (excludes halogenated alkanes) is 5. The predicted molar refractivity (Wildman–Crippen MR) is 72.3 cm³/mol. The lowest BCUT2D eigenvalue weighted by Gasteiger charge is -2.31. The first-order valence-electron chi connectivity index (χ1n) is 7.19. The number of rotatable bonds is 7. The SMILES string of the molecule is CCCCCCCCC(=O)N1CC(=O)NC(=O)C1C. The van der Waals surface area contributed by atoms with Gasteiger partial charge in [0.1, 0.15) is 12.6 Å². The van der Waals surface area contributed by atoms with E-state index in [-0.39, 0.29) is 24.3 Å². The number of piperazine rings is 1. The molecule has 5 nitrogen and oxygen atoms in total. The summed E-state index contributed by atoms with van der Waals surface area (Å²) in [5.41, 5.74) is 0. The zero-order valence-corrected chi connectivity index (χ0v) is 11.9. The summed E-state index contributed by atoms with van der Waals surface area (Å²) in [4.78, 5) is 36.1. The Labute approximate surface area is 114 Å². The second-order valence-electron chi connectivity index (χ2n) is 5.13. The second-order valence-corrected chi connectivity index (χ2v) is 5.13. The Kier molecular flexibility index (Phi) is 6.53. The van der Waals surface area contributed by atoms with E-state index in [1.807, 2.05) is 0 Å². The van der Waals surface area contributed by atoms with E-state index in [0.717, 1.165) is 19.3 Å². The van der Waals surface area contributed by atoms with Gasteiger partial charge in [-0.15, -0.1) is 0 Å². The largest absolute Gasteiger partial charge is 0.322 e. The maximum absolute atomic E-state index is 12.0. The van der Waals surface area contributed by atoms with Gasteiger partial charge in [-0.2, -0.15) is 0 Å². The van der Waals surface area contributed by atoms with Crippen LogP contribution in [0.25, 0.3) is 0 Å². The number of hydrogen-bond acceptors (Lipinski definition) is 3. The molecule has 19 heavy (non-hydrogen) atoms. The number of carbonyl (C=O) groups excluding carboxylic acids is 3. The van der Waals surface area contributed by atoms with Crippen molar-refractivity contribution < 1.29 is 14.4 Å². The number of carbonyl (C=O) groups is 3. The number of nitrogens with zero attached hydrogens (tertiary/aromatic N) is 1. The maximum Gasteiger partial charge on any atom is 0.249 e. The van der Waals surface area contributed by atoms with Crippen molar-refractivity contribution in [3.8, 4) is 0 Å². The molecule has 0 saturated carbocycles. The van der Waals surface area contributed by atoms with Crippen molar-refractivity contribution in [2.75, 3.05) is 6.54 Å². The Hall–Kier alpha value is -1.39. The normalized spacial score (nSPS) is 19.5. The molecule has 0 aromatic heterocycles. The molecule has 0 bridgehead atoms. The highest BCUT2D eigenvalue weighted by molar-refractivity contribution is 6.04. The Morgan fingerprint density at radius 3 is 2.53 bits per heavy atom. The predicted octanol–water partition coefficient (Wildman–Crippen LogP) is 1.61. The van der Waals surface area contributed by atoms with Crippen LogP contribution >= 0.6 is 0 Å². The fraction of sp³-hybridized carbons (Fsp3) is 0.786. The van der Waals surface area contributed by atoms with Gasteiger partial charge in [0, 0.05) is 6.42 Å². The summed E-state index contributed by atoms with van der Waals surface area (Å²) in [5.74, 6) is -0.863. The van der Waals surface area contributed by atoms with Crippen molar-refractivity contribution in [3.63, 3.8) is 0 Å². The molecule has 3 amide bonds. The minimum atomic E-state index is -0.537. The van der Waals surface area contributed by atoms with E-state index in [1.165, 1.54) is 24.2 Å². The van der Waals surface area contributed by atoms with Crippen LogP contribution in [0, 0.1) is 0 Å². The molecular formula is C14H24N2O3. The van der Waals surface area contributed by atoms with Gasteiger partial charge in [0.05, 0.1) is 0 Å². The third-order valence-corrected chi connectivity index (χ3v) is 3.49. The highest BCUT2D eigenvalue weighted by Gasteiger charge is 2.32. The molecule has 108 valence electrons. The van der Waals surface area contributed by atoms with Crippen molar-refractivity contribution in [1.82, 2.24) is 10.2 Å². The van der Waals surface area contributed by atoms with Crippen molar-refractivity contribution >= 4 is 17.7 Å². The third-order valence-electron chi connectivity index (χ3n) is 3.49. The minimum absolute atomic E-state index is 0.00156. The summed E-state index contributed by atoms with van der Waals surface area (Å²) < 4.78 is 0. The maximum atomic E-state index is 12.0. The van der Waals surface area contributed by atoms with E-state index in [2.05, 4.69) is 12.2 Å². The molecule has 1 saturated heterocycles.